The van der Waals surface area contributed by atoms with E-state index in [1.807, 2.05) is 49.4 Å². The Morgan fingerprint density at radius 1 is 1.19 bits per heavy atom. The summed E-state index contributed by atoms with van der Waals surface area (Å²) in [5.41, 5.74) is 2.96. The highest BCUT2D eigenvalue weighted by atomic mass is 35.5. The van der Waals surface area contributed by atoms with E-state index in [9.17, 15) is 9.59 Å². The van der Waals surface area contributed by atoms with Crippen molar-refractivity contribution in [2.24, 2.45) is 17.3 Å². The summed E-state index contributed by atoms with van der Waals surface area (Å²) in [4.78, 5) is 26.1. The number of carbonyl (C=O) groups is 2. The summed E-state index contributed by atoms with van der Waals surface area (Å²) in [5, 5.41) is 10.8. The van der Waals surface area contributed by atoms with Crippen LogP contribution in [0.15, 0.2) is 42.5 Å². The Morgan fingerprint density at radius 3 is 2.77 bits per heavy atom. The lowest BCUT2D eigenvalue weighted by molar-refractivity contribution is -0.139. The van der Waals surface area contributed by atoms with Gasteiger partial charge in [-0.05, 0) is 67.3 Å². The van der Waals surface area contributed by atoms with Crippen LogP contribution < -0.4 is 16.0 Å². The third-order valence-electron chi connectivity index (χ3n) is 7.78. The van der Waals surface area contributed by atoms with Crippen LogP contribution in [0.25, 0.3) is 0 Å². The molecule has 2 amide bonds. The standard InChI is InChI=1S/C25H28ClN3O2/c1-15-6-5-8-20(26)18(15)13-27-23(31)19-12-16-10-11-24(19,2)14-25(16)28-21-9-4-3-7-17(21)22(30)29-25/h3-9,16,19,28H,10-14H2,1-2H3,(H,27,31)(H,29,30)/t16?,19?,24?,25-/m0/s1. The predicted octanol–water partition coefficient (Wildman–Crippen LogP) is 4.64. The van der Waals surface area contributed by atoms with Gasteiger partial charge in [0, 0.05) is 29.1 Å². The maximum absolute atomic E-state index is 13.3. The Labute approximate surface area is 187 Å². The zero-order valence-corrected chi connectivity index (χ0v) is 18.7. The van der Waals surface area contributed by atoms with Gasteiger partial charge in [-0.3, -0.25) is 9.59 Å². The molecule has 2 aromatic rings. The minimum absolute atomic E-state index is 0.0271. The van der Waals surface area contributed by atoms with E-state index >= 15 is 0 Å². The summed E-state index contributed by atoms with van der Waals surface area (Å²) in [7, 11) is 0. The zero-order chi connectivity index (χ0) is 21.8. The Balaban J connectivity index is 1.35. The third kappa shape index (κ3) is 3.30. The highest BCUT2D eigenvalue weighted by molar-refractivity contribution is 6.31. The quantitative estimate of drug-likeness (QED) is 0.655. The maximum Gasteiger partial charge on any atom is 0.255 e. The van der Waals surface area contributed by atoms with Gasteiger partial charge in [0.25, 0.3) is 5.91 Å². The van der Waals surface area contributed by atoms with Gasteiger partial charge in [0.15, 0.2) is 0 Å². The van der Waals surface area contributed by atoms with Crippen LogP contribution >= 0.6 is 11.6 Å². The molecule has 6 rings (SSSR count). The first-order valence-corrected chi connectivity index (χ1v) is 11.4. The summed E-state index contributed by atoms with van der Waals surface area (Å²) >= 11 is 6.34. The first-order chi connectivity index (χ1) is 14.8. The highest BCUT2D eigenvalue weighted by Gasteiger charge is 2.60. The molecule has 3 aliphatic carbocycles. The average Bonchev–Trinajstić information content (AvgIpc) is 2.73. The van der Waals surface area contributed by atoms with E-state index in [-0.39, 0.29) is 29.1 Å². The number of aryl methyl sites for hydroxylation is 1. The van der Waals surface area contributed by atoms with Crippen LogP contribution in [0.5, 0.6) is 0 Å². The van der Waals surface area contributed by atoms with E-state index in [1.54, 1.807) is 0 Å². The SMILES string of the molecule is Cc1cccc(Cl)c1CNC(=O)C1CC2CCC1(C)C[C@]21NC(=O)c2ccccc2N1. The minimum Gasteiger partial charge on any atom is -0.362 e. The smallest absolute Gasteiger partial charge is 0.255 e. The van der Waals surface area contributed by atoms with E-state index in [4.69, 9.17) is 11.6 Å². The lowest BCUT2D eigenvalue weighted by atomic mass is 9.51. The van der Waals surface area contributed by atoms with Crippen LogP contribution in [0.1, 0.15) is 54.1 Å². The fourth-order valence-electron chi connectivity index (χ4n) is 6.04. The van der Waals surface area contributed by atoms with Gasteiger partial charge in [0.1, 0.15) is 5.66 Å². The van der Waals surface area contributed by atoms with Crippen LogP contribution in [0, 0.1) is 24.2 Å². The molecule has 1 heterocycles. The number of carbonyl (C=O) groups excluding carboxylic acids is 2. The molecule has 3 unspecified atom stereocenters. The molecule has 1 aliphatic heterocycles. The maximum atomic E-state index is 13.3. The molecule has 4 atom stereocenters. The number of anilines is 1. The summed E-state index contributed by atoms with van der Waals surface area (Å²) in [5.74, 6) is 0.199. The molecule has 0 radical (unpaired) electrons. The molecule has 0 aromatic heterocycles. The lowest BCUT2D eigenvalue weighted by Gasteiger charge is -2.60. The van der Waals surface area contributed by atoms with Gasteiger partial charge < -0.3 is 16.0 Å². The number of hydrogen-bond donors (Lipinski definition) is 3. The number of rotatable bonds is 3. The van der Waals surface area contributed by atoms with Crippen molar-refractivity contribution < 1.29 is 9.59 Å². The van der Waals surface area contributed by atoms with Crippen LogP contribution in [0.2, 0.25) is 5.02 Å². The van der Waals surface area contributed by atoms with Gasteiger partial charge in [-0.1, -0.05) is 42.8 Å². The Bertz CT molecular complexity index is 1050. The number of para-hydroxylation sites is 1. The van der Waals surface area contributed by atoms with Crippen LogP contribution in [-0.2, 0) is 11.3 Å². The second-order valence-corrected chi connectivity index (χ2v) is 10.1. The zero-order valence-electron chi connectivity index (χ0n) is 17.9. The molecular weight excluding hydrogens is 410 g/mol. The van der Waals surface area contributed by atoms with Crippen molar-refractivity contribution >= 4 is 29.1 Å². The molecule has 1 spiro atoms. The van der Waals surface area contributed by atoms with Gasteiger partial charge in [0.05, 0.1) is 5.56 Å². The Kier molecular flexibility index (Phi) is 4.78. The number of nitrogens with one attached hydrogen (secondary N) is 3. The average molecular weight is 438 g/mol. The summed E-state index contributed by atoms with van der Waals surface area (Å²) in [6.07, 6.45) is 3.49. The van der Waals surface area contributed by atoms with Gasteiger partial charge in [-0.2, -0.15) is 0 Å². The highest BCUT2D eigenvalue weighted by Crippen LogP contribution is 2.58. The first kappa shape index (κ1) is 20.4. The van der Waals surface area contributed by atoms with Crippen LogP contribution in [-0.4, -0.2) is 17.5 Å². The summed E-state index contributed by atoms with van der Waals surface area (Å²) in [6.45, 7) is 4.65. The second-order valence-electron chi connectivity index (χ2n) is 9.70. The van der Waals surface area contributed by atoms with Crippen molar-refractivity contribution in [3.8, 4) is 0 Å². The van der Waals surface area contributed by atoms with Crippen molar-refractivity contribution in [3.05, 3.63) is 64.2 Å². The van der Waals surface area contributed by atoms with Crippen molar-refractivity contribution in [2.45, 2.75) is 51.7 Å². The number of hydrogen-bond acceptors (Lipinski definition) is 3. The van der Waals surface area contributed by atoms with E-state index in [1.165, 1.54) is 0 Å². The second kappa shape index (κ2) is 7.27. The van der Waals surface area contributed by atoms with Crippen LogP contribution in [0.3, 0.4) is 0 Å². The van der Waals surface area contributed by atoms with E-state index in [2.05, 4.69) is 22.9 Å². The van der Waals surface area contributed by atoms with Crippen molar-refractivity contribution in [2.75, 3.05) is 5.32 Å². The van der Waals surface area contributed by atoms with Gasteiger partial charge in [-0.15, -0.1) is 0 Å². The van der Waals surface area contributed by atoms with Gasteiger partial charge >= 0.3 is 0 Å². The van der Waals surface area contributed by atoms with Gasteiger partial charge in [-0.25, -0.2) is 0 Å². The predicted molar refractivity (Wildman–Crippen MR) is 122 cm³/mol. The molecule has 5 nitrogen and oxygen atoms in total. The molecule has 4 aliphatic rings. The molecule has 3 N–H and O–H groups in total. The molecule has 162 valence electrons. The molecule has 2 bridgehead atoms. The number of benzene rings is 2. The number of fused-ring (bicyclic) bond motifs is 3. The molecule has 6 heteroatoms. The minimum atomic E-state index is -0.478. The van der Waals surface area contributed by atoms with Crippen molar-refractivity contribution in [1.29, 1.82) is 0 Å². The van der Waals surface area contributed by atoms with E-state index in [0.29, 0.717) is 17.1 Å². The van der Waals surface area contributed by atoms with Crippen molar-refractivity contribution in [1.82, 2.24) is 10.6 Å². The molecule has 3 fully saturated rings. The summed E-state index contributed by atoms with van der Waals surface area (Å²) in [6, 6.07) is 13.4. The number of halogens is 1. The van der Waals surface area contributed by atoms with Gasteiger partial charge in [0.2, 0.25) is 5.91 Å². The van der Waals surface area contributed by atoms with Crippen LogP contribution in [0.4, 0.5) is 5.69 Å². The molecule has 3 saturated carbocycles. The van der Waals surface area contributed by atoms with Crippen molar-refractivity contribution in [3.63, 3.8) is 0 Å². The first-order valence-electron chi connectivity index (χ1n) is 11.0. The number of amides is 2. The Morgan fingerprint density at radius 2 is 2.00 bits per heavy atom. The molecule has 2 aromatic carbocycles. The Hall–Kier alpha value is -2.53. The molecular formula is C25H28ClN3O2. The lowest BCUT2D eigenvalue weighted by Crippen LogP contribution is -2.70. The third-order valence-corrected chi connectivity index (χ3v) is 8.13. The molecule has 0 saturated heterocycles. The topological polar surface area (TPSA) is 70.2 Å². The summed E-state index contributed by atoms with van der Waals surface area (Å²) < 4.78 is 0. The fraction of sp³-hybridized carbons (Fsp3) is 0.440. The normalized spacial score (nSPS) is 31.0. The fourth-order valence-corrected chi connectivity index (χ4v) is 6.33. The van der Waals surface area contributed by atoms with E-state index in [0.717, 1.165) is 42.5 Å². The monoisotopic (exact) mass is 437 g/mol. The van der Waals surface area contributed by atoms with E-state index < -0.39 is 5.66 Å². The largest absolute Gasteiger partial charge is 0.362 e. The molecule has 31 heavy (non-hydrogen) atoms.